The van der Waals surface area contributed by atoms with E-state index in [2.05, 4.69) is 4.40 Å². The SMILES string of the molecule is COCCCN1C(=O)C(c2ccccc2)S/C1=N/S(=O)(=O)c1ccccc1. The van der Waals surface area contributed by atoms with Crippen LogP contribution in [0.2, 0.25) is 0 Å². The van der Waals surface area contributed by atoms with E-state index in [1.54, 1.807) is 25.3 Å². The topological polar surface area (TPSA) is 76.0 Å². The minimum atomic E-state index is -3.89. The normalized spacial score (nSPS) is 19.0. The van der Waals surface area contributed by atoms with Crippen LogP contribution < -0.4 is 0 Å². The highest BCUT2D eigenvalue weighted by Gasteiger charge is 2.39. The Bertz CT molecular complexity index is 915. The largest absolute Gasteiger partial charge is 0.385 e. The van der Waals surface area contributed by atoms with Gasteiger partial charge in [-0.25, -0.2) is 0 Å². The second kappa shape index (κ2) is 8.69. The molecule has 1 atom stereocenters. The first-order valence-corrected chi connectivity index (χ1v) is 10.8. The van der Waals surface area contributed by atoms with Crippen molar-refractivity contribution in [3.8, 4) is 0 Å². The molecule has 1 amide bonds. The summed E-state index contributed by atoms with van der Waals surface area (Å²) in [5.74, 6) is -0.163. The van der Waals surface area contributed by atoms with Crippen LogP contribution in [0, 0.1) is 0 Å². The molecule has 1 aliphatic heterocycles. The molecule has 8 heteroatoms. The van der Waals surface area contributed by atoms with E-state index in [0.717, 1.165) is 5.56 Å². The van der Waals surface area contributed by atoms with Gasteiger partial charge in [-0.1, -0.05) is 60.3 Å². The number of nitrogens with zero attached hydrogens (tertiary/aromatic N) is 2. The summed E-state index contributed by atoms with van der Waals surface area (Å²) in [6.45, 7) is 0.829. The maximum absolute atomic E-state index is 12.9. The molecule has 0 N–H and O–H groups in total. The molecule has 1 fully saturated rings. The highest BCUT2D eigenvalue weighted by Crippen LogP contribution is 2.40. The lowest BCUT2D eigenvalue weighted by Crippen LogP contribution is -2.32. The summed E-state index contributed by atoms with van der Waals surface area (Å²) in [4.78, 5) is 14.5. The molecule has 0 aliphatic carbocycles. The van der Waals surface area contributed by atoms with Crippen LogP contribution in [0.3, 0.4) is 0 Å². The van der Waals surface area contributed by atoms with Crippen LogP contribution in [0.5, 0.6) is 0 Å². The standard InChI is InChI=1S/C19H20N2O4S2/c1-25-14-8-13-21-18(22)17(15-9-4-2-5-10-15)26-19(21)20-27(23,24)16-11-6-3-7-12-16/h2-7,9-12,17H,8,13-14H2,1H3/b20-19+. The summed E-state index contributed by atoms with van der Waals surface area (Å²) >= 11 is 1.17. The van der Waals surface area contributed by atoms with Crippen molar-refractivity contribution in [2.75, 3.05) is 20.3 Å². The van der Waals surface area contributed by atoms with Crippen LogP contribution in [0.25, 0.3) is 0 Å². The van der Waals surface area contributed by atoms with E-state index in [-0.39, 0.29) is 16.0 Å². The molecule has 0 saturated carbocycles. The van der Waals surface area contributed by atoms with Gasteiger partial charge in [-0.2, -0.15) is 8.42 Å². The van der Waals surface area contributed by atoms with Crippen LogP contribution in [-0.2, 0) is 19.6 Å². The zero-order valence-electron chi connectivity index (χ0n) is 14.8. The number of methoxy groups -OCH3 is 1. The molecule has 1 unspecified atom stereocenters. The van der Waals surface area contributed by atoms with Crippen molar-refractivity contribution in [2.24, 2.45) is 4.40 Å². The number of hydrogen-bond acceptors (Lipinski definition) is 5. The third kappa shape index (κ3) is 4.58. The maximum Gasteiger partial charge on any atom is 0.284 e. The van der Waals surface area contributed by atoms with Gasteiger partial charge in [0, 0.05) is 20.3 Å². The van der Waals surface area contributed by atoms with E-state index in [0.29, 0.717) is 19.6 Å². The van der Waals surface area contributed by atoms with Gasteiger partial charge in [0.15, 0.2) is 5.17 Å². The number of ether oxygens (including phenoxy) is 1. The molecular weight excluding hydrogens is 384 g/mol. The lowest BCUT2D eigenvalue weighted by Gasteiger charge is -2.16. The Morgan fingerprint density at radius 3 is 2.33 bits per heavy atom. The van der Waals surface area contributed by atoms with Crippen molar-refractivity contribution in [2.45, 2.75) is 16.6 Å². The highest BCUT2D eigenvalue weighted by atomic mass is 32.2. The molecule has 1 heterocycles. The summed E-state index contributed by atoms with van der Waals surface area (Å²) in [5.41, 5.74) is 0.826. The van der Waals surface area contributed by atoms with Crippen molar-refractivity contribution in [1.29, 1.82) is 0 Å². The predicted molar refractivity (Wildman–Crippen MR) is 106 cm³/mol. The molecule has 0 bridgehead atoms. The predicted octanol–water partition coefficient (Wildman–Crippen LogP) is 3.08. The first-order chi connectivity index (χ1) is 13.0. The van der Waals surface area contributed by atoms with Crippen molar-refractivity contribution in [3.63, 3.8) is 0 Å². The van der Waals surface area contributed by atoms with Crippen molar-refractivity contribution >= 4 is 32.9 Å². The second-order valence-corrected chi connectivity index (χ2v) is 8.58. The van der Waals surface area contributed by atoms with E-state index in [1.165, 1.54) is 28.8 Å². The number of hydrogen-bond donors (Lipinski definition) is 0. The quantitative estimate of drug-likeness (QED) is 0.663. The Morgan fingerprint density at radius 2 is 1.70 bits per heavy atom. The summed E-state index contributed by atoms with van der Waals surface area (Å²) in [5, 5.41) is -0.299. The zero-order chi connectivity index (χ0) is 19.3. The first kappa shape index (κ1) is 19.6. The molecule has 0 aromatic heterocycles. The first-order valence-electron chi connectivity index (χ1n) is 8.45. The van der Waals surface area contributed by atoms with Crippen LogP contribution in [0.15, 0.2) is 70.0 Å². The third-order valence-electron chi connectivity index (χ3n) is 4.02. The molecule has 1 aliphatic rings. The van der Waals surface area contributed by atoms with Crippen LogP contribution >= 0.6 is 11.8 Å². The van der Waals surface area contributed by atoms with Gasteiger partial charge in [-0.3, -0.25) is 9.69 Å². The van der Waals surface area contributed by atoms with E-state index in [9.17, 15) is 13.2 Å². The van der Waals surface area contributed by atoms with Crippen LogP contribution in [0.4, 0.5) is 0 Å². The van der Waals surface area contributed by atoms with Gasteiger partial charge in [0.05, 0.1) is 4.90 Å². The van der Waals surface area contributed by atoms with Gasteiger partial charge in [-0.05, 0) is 24.1 Å². The number of thioether (sulfide) groups is 1. The monoisotopic (exact) mass is 404 g/mol. The minimum absolute atomic E-state index is 0.102. The smallest absolute Gasteiger partial charge is 0.284 e. The van der Waals surface area contributed by atoms with E-state index >= 15 is 0 Å². The summed E-state index contributed by atoms with van der Waals surface area (Å²) in [6, 6.07) is 17.3. The van der Waals surface area contributed by atoms with Crippen LogP contribution in [-0.4, -0.2) is 44.7 Å². The molecule has 142 valence electrons. The molecule has 27 heavy (non-hydrogen) atoms. The maximum atomic E-state index is 12.9. The van der Waals surface area contributed by atoms with Gasteiger partial charge in [0.25, 0.3) is 10.0 Å². The molecule has 1 saturated heterocycles. The van der Waals surface area contributed by atoms with Crippen molar-refractivity contribution in [1.82, 2.24) is 4.90 Å². The van der Waals surface area contributed by atoms with Crippen molar-refractivity contribution < 1.29 is 17.9 Å². The average Bonchev–Trinajstić information content (AvgIpc) is 2.98. The number of amides is 1. The molecule has 2 aromatic carbocycles. The van der Waals surface area contributed by atoms with Gasteiger partial charge < -0.3 is 4.74 Å². The Kier molecular flexibility index (Phi) is 6.30. The molecular formula is C19H20N2O4S2. The molecule has 0 radical (unpaired) electrons. The van der Waals surface area contributed by atoms with E-state index in [4.69, 9.17) is 4.74 Å². The zero-order valence-corrected chi connectivity index (χ0v) is 16.4. The molecule has 3 rings (SSSR count). The summed E-state index contributed by atoms with van der Waals surface area (Å²) in [6.07, 6.45) is 0.592. The van der Waals surface area contributed by atoms with Gasteiger partial charge in [0.1, 0.15) is 5.25 Å². The third-order valence-corrected chi connectivity index (χ3v) is 6.65. The summed E-state index contributed by atoms with van der Waals surface area (Å²) in [7, 11) is -2.31. The van der Waals surface area contributed by atoms with Gasteiger partial charge in [0.2, 0.25) is 5.91 Å². The lowest BCUT2D eigenvalue weighted by molar-refractivity contribution is -0.126. The number of carbonyl (C=O) groups excluding carboxylic acids is 1. The number of benzene rings is 2. The van der Waals surface area contributed by atoms with E-state index in [1.807, 2.05) is 30.3 Å². The highest BCUT2D eigenvalue weighted by molar-refractivity contribution is 8.15. The fourth-order valence-corrected chi connectivity index (χ4v) is 5.10. The average molecular weight is 405 g/mol. The Hall–Kier alpha value is -2.16. The fourth-order valence-electron chi connectivity index (χ4n) is 2.69. The number of sulfonamides is 1. The molecule has 6 nitrogen and oxygen atoms in total. The Morgan fingerprint density at radius 1 is 1.07 bits per heavy atom. The second-order valence-electron chi connectivity index (χ2n) is 5.91. The number of carbonyl (C=O) groups is 1. The molecule has 0 spiro atoms. The lowest BCUT2D eigenvalue weighted by atomic mass is 10.1. The summed E-state index contributed by atoms with van der Waals surface area (Å²) < 4.78 is 34.3. The van der Waals surface area contributed by atoms with E-state index < -0.39 is 15.3 Å². The minimum Gasteiger partial charge on any atom is -0.385 e. The Labute approximate surface area is 163 Å². The fraction of sp³-hybridized carbons (Fsp3) is 0.263. The van der Waals surface area contributed by atoms with Gasteiger partial charge in [-0.15, -0.1) is 4.40 Å². The number of amidine groups is 1. The van der Waals surface area contributed by atoms with Crippen LogP contribution in [0.1, 0.15) is 17.2 Å². The number of rotatable bonds is 7. The van der Waals surface area contributed by atoms with Crippen molar-refractivity contribution in [3.05, 3.63) is 66.2 Å². The Balaban J connectivity index is 1.94. The van der Waals surface area contributed by atoms with Gasteiger partial charge >= 0.3 is 0 Å². The molecule has 2 aromatic rings.